The lowest BCUT2D eigenvalue weighted by atomic mass is 9.87. The Bertz CT molecular complexity index is 1100. The molecule has 200 valence electrons. The van der Waals surface area contributed by atoms with Gasteiger partial charge in [-0.3, -0.25) is 9.59 Å². The van der Waals surface area contributed by atoms with Crippen LogP contribution in [0.15, 0.2) is 48.5 Å². The van der Waals surface area contributed by atoms with Crippen LogP contribution in [0.25, 0.3) is 0 Å². The second kappa shape index (κ2) is 11.8. The van der Waals surface area contributed by atoms with E-state index in [1.54, 1.807) is 25.7 Å². The maximum atomic E-state index is 14.2. The fourth-order valence-corrected chi connectivity index (χ4v) is 4.39. The van der Waals surface area contributed by atoms with Gasteiger partial charge in [0.05, 0.1) is 0 Å². The van der Waals surface area contributed by atoms with Gasteiger partial charge in [0, 0.05) is 11.7 Å². The molecule has 1 aliphatic rings. The summed E-state index contributed by atoms with van der Waals surface area (Å²) >= 11 is 0. The van der Waals surface area contributed by atoms with Gasteiger partial charge in [0.25, 0.3) is 5.91 Å². The predicted octanol–water partition coefficient (Wildman–Crippen LogP) is 5.91. The third kappa shape index (κ3) is 7.34. The lowest BCUT2D eigenvalue weighted by Gasteiger charge is -2.44. The molecule has 0 radical (unpaired) electrons. The van der Waals surface area contributed by atoms with Gasteiger partial charge in [-0.25, -0.2) is 4.79 Å². The maximum Gasteiger partial charge on any atom is 0.408 e. The maximum absolute atomic E-state index is 14.2. The van der Waals surface area contributed by atoms with E-state index in [1.807, 2.05) is 76.2 Å². The first-order chi connectivity index (χ1) is 17.4. The average molecular weight is 508 g/mol. The van der Waals surface area contributed by atoms with Gasteiger partial charge >= 0.3 is 6.09 Å². The summed E-state index contributed by atoms with van der Waals surface area (Å²) in [5, 5.41) is 5.84. The largest absolute Gasteiger partial charge is 0.444 e. The number of nitrogens with zero attached hydrogens (tertiary/aromatic N) is 1. The topological polar surface area (TPSA) is 87.7 Å². The molecular formula is C30H41N3O4. The highest BCUT2D eigenvalue weighted by molar-refractivity contribution is 5.99. The first-order valence-electron chi connectivity index (χ1n) is 13.1. The van der Waals surface area contributed by atoms with E-state index in [9.17, 15) is 14.4 Å². The quantitative estimate of drug-likeness (QED) is 0.465. The summed E-state index contributed by atoms with van der Waals surface area (Å²) in [7, 11) is 0. The molecule has 0 heterocycles. The summed E-state index contributed by atoms with van der Waals surface area (Å²) in [6.07, 6.45) is 1.95. The number of carbonyl (C=O) groups excluding carboxylic acids is 3. The SMILES string of the molecule is Cc1ccc(C(C(=O)Nc2ccccc2C)N(C(=O)C(NC(=O)OC(C)(C)C)C(C)C)C2CCC2)cc1. The minimum Gasteiger partial charge on any atom is -0.444 e. The van der Waals surface area contributed by atoms with Crippen LogP contribution in [0.3, 0.4) is 0 Å². The van der Waals surface area contributed by atoms with Crippen molar-refractivity contribution in [3.05, 3.63) is 65.2 Å². The number of aryl methyl sites for hydroxylation is 2. The van der Waals surface area contributed by atoms with Crippen molar-refractivity contribution in [3.63, 3.8) is 0 Å². The van der Waals surface area contributed by atoms with Gasteiger partial charge in [-0.2, -0.15) is 0 Å². The molecule has 37 heavy (non-hydrogen) atoms. The lowest BCUT2D eigenvalue weighted by molar-refractivity contribution is -0.146. The van der Waals surface area contributed by atoms with Crippen molar-refractivity contribution in [1.29, 1.82) is 0 Å². The Morgan fingerprint density at radius 1 is 0.973 bits per heavy atom. The molecule has 2 aromatic carbocycles. The lowest BCUT2D eigenvalue weighted by Crippen LogP contribution is -2.58. The molecule has 0 saturated heterocycles. The summed E-state index contributed by atoms with van der Waals surface area (Å²) in [6.45, 7) is 13.0. The number of anilines is 1. The van der Waals surface area contributed by atoms with E-state index in [0.717, 1.165) is 36.0 Å². The van der Waals surface area contributed by atoms with Gasteiger partial charge in [-0.05, 0) is 77.0 Å². The highest BCUT2D eigenvalue weighted by atomic mass is 16.6. The number of ether oxygens (including phenoxy) is 1. The Hall–Kier alpha value is -3.35. The number of rotatable bonds is 8. The van der Waals surface area contributed by atoms with Crippen molar-refractivity contribution >= 4 is 23.6 Å². The van der Waals surface area contributed by atoms with Crippen LogP contribution in [-0.4, -0.2) is 40.5 Å². The number of alkyl carbamates (subject to hydrolysis) is 1. The molecule has 1 saturated carbocycles. The summed E-state index contributed by atoms with van der Waals surface area (Å²) < 4.78 is 5.45. The van der Waals surface area contributed by atoms with Crippen LogP contribution in [-0.2, 0) is 14.3 Å². The van der Waals surface area contributed by atoms with Crippen LogP contribution in [0.4, 0.5) is 10.5 Å². The molecule has 2 N–H and O–H groups in total. The Balaban J connectivity index is 2.01. The minimum absolute atomic E-state index is 0.0943. The monoisotopic (exact) mass is 507 g/mol. The molecule has 2 aromatic rings. The molecule has 1 fully saturated rings. The number of hydrogen-bond donors (Lipinski definition) is 2. The van der Waals surface area contributed by atoms with Crippen molar-refractivity contribution in [3.8, 4) is 0 Å². The molecule has 0 aliphatic heterocycles. The van der Waals surface area contributed by atoms with Crippen LogP contribution >= 0.6 is 0 Å². The second-order valence-electron chi connectivity index (χ2n) is 11.3. The van der Waals surface area contributed by atoms with E-state index < -0.39 is 23.8 Å². The first kappa shape index (κ1) is 28.2. The zero-order valence-corrected chi connectivity index (χ0v) is 23.1. The van der Waals surface area contributed by atoms with Crippen LogP contribution in [0, 0.1) is 19.8 Å². The summed E-state index contributed by atoms with van der Waals surface area (Å²) in [5.41, 5.74) is 2.75. The van der Waals surface area contributed by atoms with Crippen LogP contribution in [0.1, 0.15) is 76.6 Å². The van der Waals surface area contributed by atoms with Gasteiger partial charge < -0.3 is 20.3 Å². The van der Waals surface area contributed by atoms with Crippen molar-refractivity contribution < 1.29 is 19.1 Å². The van der Waals surface area contributed by atoms with Crippen molar-refractivity contribution in [2.24, 2.45) is 5.92 Å². The van der Waals surface area contributed by atoms with Crippen molar-refractivity contribution in [2.75, 3.05) is 5.32 Å². The molecular weight excluding hydrogens is 466 g/mol. The third-order valence-electron chi connectivity index (χ3n) is 6.65. The number of benzene rings is 2. The Kier molecular flexibility index (Phi) is 9.00. The number of para-hydroxylation sites is 1. The standard InChI is InChI=1S/C30H41N3O4/c1-19(2)25(32-29(36)37-30(5,6)7)28(35)33(23-12-10-13-23)26(22-17-15-20(3)16-18-22)27(34)31-24-14-9-8-11-21(24)4/h8-9,11,14-19,23,25-26H,10,12-13H2,1-7H3,(H,31,34)(H,32,36). The van der Waals surface area contributed by atoms with E-state index in [-0.39, 0.29) is 23.8 Å². The smallest absolute Gasteiger partial charge is 0.408 e. The van der Waals surface area contributed by atoms with Gasteiger partial charge in [0.15, 0.2) is 0 Å². The Morgan fingerprint density at radius 3 is 2.11 bits per heavy atom. The van der Waals surface area contributed by atoms with Gasteiger partial charge in [0.2, 0.25) is 5.91 Å². The van der Waals surface area contributed by atoms with Gasteiger partial charge in [-0.1, -0.05) is 61.9 Å². The van der Waals surface area contributed by atoms with E-state index in [2.05, 4.69) is 10.6 Å². The highest BCUT2D eigenvalue weighted by Gasteiger charge is 2.42. The predicted molar refractivity (Wildman–Crippen MR) is 146 cm³/mol. The van der Waals surface area contributed by atoms with Crippen LogP contribution < -0.4 is 10.6 Å². The minimum atomic E-state index is -0.848. The third-order valence-corrected chi connectivity index (χ3v) is 6.65. The summed E-state index contributed by atoms with van der Waals surface area (Å²) in [4.78, 5) is 42.5. The van der Waals surface area contributed by atoms with Crippen molar-refractivity contribution in [2.45, 2.75) is 91.5 Å². The molecule has 2 unspecified atom stereocenters. The zero-order valence-electron chi connectivity index (χ0n) is 23.1. The van der Waals surface area contributed by atoms with E-state index in [1.165, 1.54) is 0 Å². The van der Waals surface area contributed by atoms with Gasteiger partial charge in [-0.15, -0.1) is 0 Å². The highest BCUT2D eigenvalue weighted by Crippen LogP contribution is 2.35. The van der Waals surface area contributed by atoms with Crippen LogP contribution in [0.2, 0.25) is 0 Å². The zero-order chi connectivity index (χ0) is 27.3. The first-order valence-corrected chi connectivity index (χ1v) is 13.1. The number of carbonyl (C=O) groups is 3. The van der Waals surface area contributed by atoms with E-state index >= 15 is 0 Å². The van der Waals surface area contributed by atoms with Crippen LogP contribution in [0.5, 0.6) is 0 Å². The fraction of sp³-hybridized carbons (Fsp3) is 0.500. The fourth-order valence-electron chi connectivity index (χ4n) is 4.39. The molecule has 0 aromatic heterocycles. The van der Waals surface area contributed by atoms with Gasteiger partial charge in [0.1, 0.15) is 17.7 Å². The number of amides is 3. The molecule has 2 atom stereocenters. The Labute approximate surface area is 221 Å². The average Bonchev–Trinajstić information content (AvgIpc) is 2.77. The number of nitrogens with one attached hydrogen (secondary N) is 2. The normalized spacial score (nSPS) is 15.4. The molecule has 0 spiro atoms. The summed E-state index contributed by atoms with van der Waals surface area (Å²) in [5.74, 6) is -0.769. The molecule has 3 amide bonds. The summed E-state index contributed by atoms with van der Waals surface area (Å²) in [6, 6.07) is 13.5. The molecule has 7 heteroatoms. The van der Waals surface area contributed by atoms with Crippen molar-refractivity contribution in [1.82, 2.24) is 10.2 Å². The second-order valence-corrected chi connectivity index (χ2v) is 11.3. The molecule has 0 bridgehead atoms. The van der Waals surface area contributed by atoms with E-state index in [4.69, 9.17) is 4.74 Å². The molecule has 7 nitrogen and oxygen atoms in total. The number of hydrogen-bond acceptors (Lipinski definition) is 4. The van der Waals surface area contributed by atoms with E-state index in [0.29, 0.717) is 5.69 Å². The Morgan fingerprint density at radius 2 is 1.59 bits per heavy atom. The molecule has 1 aliphatic carbocycles. The molecule has 3 rings (SSSR count).